The molecule has 7 nitrogen and oxygen atoms in total. The Balaban J connectivity index is 2.40. The second-order valence-electron chi connectivity index (χ2n) is 4.69. The number of amides is 2. The van der Waals surface area contributed by atoms with Gasteiger partial charge < -0.3 is 20.3 Å². The molecule has 0 spiro atoms. The van der Waals surface area contributed by atoms with Crippen molar-refractivity contribution in [1.29, 1.82) is 0 Å². The number of aliphatic carboxylic acids is 1. The maximum atomic E-state index is 11.9. The Hall–Kier alpha value is -2.05. The number of H-pyrrole nitrogens is 1. The van der Waals surface area contributed by atoms with Crippen molar-refractivity contribution in [3.63, 3.8) is 0 Å². The van der Waals surface area contributed by atoms with Gasteiger partial charge in [0.25, 0.3) is 0 Å². The minimum Gasteiger partial charge on any atom is -0.480 e. The number of carbonyl (C=O) groups excluding carboxylic acids is 1. The quantitative estimate of drug-likeness (QED) is 0.678. The summed E-state index contributed by atoms with van der Waals surface area (Å²) in [6, 6.07) is -0.359. The van der Waals surface area contributed by atoms with Gasteiger partial charge in [0, 0.05) is 31.9 Å². The molecule has 0 aromatic carbocycles. The van der Waals surface area contributed by atoms with Gasteiger partial charge in [-0.1, -0.05) is 13.8 Å². The van der Waals surface area contributed by atoms with Crippen molar-refractivity contribution < 1.29 is 14.7 Å². The Kier molecular flexibility index (Phi) is 5.84. The van der Waals surface area contributed by atoms with Gasteiger partial charge in [0.2, 0.25) is 0 Å². The van der Waals surface area contributed by atoms with Crippen LogP contribution in [0.25, 0.3) is 0 Å². The normalized spacial score (nSPS) is 10.5. The van der Waals surface area contributed by atoms with Crippen molar-refractivity contribution in [2.24, 2.45) is 5.92 Å². The summed E-state index contributed by atoms with van der Waals surface area (Å²) in [7, 11) is 0. The zero-order valence-electron chi connectivity index (χ0n) is 11.2. The van der Waals surface area contributed by atoms with E-state index in [9.17, 15) is 9.59 Å². The summed E-state index contributed by atoms with van der Waals surface area (Å²) in [5.74, 6) is -0.00838. The number of aromatic amines is 1. The highest BCUT2D eigenvalue weighted by atomic mass is 16.4. The lowest BCUT2D eigenvalue weighted by molar-refractivity contribution is -0.137. The van der Waals surface area contributed by atoms with E-state index in [0.717, 1.165) is 5.82 Å². The number of aromatic nitrogens is 2. The van der Waals surface area contributed by atoms with Crippen LogP contribution in [0, 0.1) is 5.92 Å². The van der Waals surface area contributed by atoms with Crippen LogP contribution >= 0.6 is 0 Å². The topological polar surface area (TPSA) is 98.3 Å². The van der Waals surface area contributed by atoms with Crippen molar-refractivity contribution in [1.82, 2.24) is 20.2 Å². The average molecular weight is 268 g/mol. The molecule has 1 heterocycles. The number of nitrogens with one attached hydrogen (secondary N) is 2. The van der Waals surface area contributed by atoms with Crippen LogP contribution in [0.15, 0.2) is 12.4 Å². The number of hydrogen-bond acceptors (Lipinski definition) is 3. The van der Waals surface area contributed by atoms with Gasteiger partial charge in [-0.3, -0.25) is 4.79 Å². The molecule has 0 unspecified atom stereocenters. The van der Waals surface area contributed by atoms with Crippen LogP contribution in [0.5, 0.6) is 0 Å². The Morgan fingerprint density at radius 1 is 1.53 bits per heavy atom. The van der Waals surface area contributed by atoms with Crippen LogP contribution in [-0.2, 0) is 11.2 Å². The van der Waals surface area contributed by atoms with Crippen LogP contribution in [-0.4, -0.2) is 51.6 Å². The van der Waals surface area contributed by atoms with E-state index in [1.807, 2.05) is 13.8 Å². The number of hydrogen-bond donors (Lipinski definition) is 3. The van der Waals surface area contributed by atoms with E-state index >= 15 is 0 Å². The largest absolute Gasteiger partial charge is 0.480 e. The van der Waals surface area contributed by atoms with Crippen molar-refractivity contribution in [2.75, 3.05) is 19.6 Å². The Bertz CT molecular complexity index is 403. The molecule has 0 fully saturated rings. The molecule has 1 rings (SSSR count). The smallest absolute Gasteiger partial charge is 0.323 e. The van der Waals surface area contributed by atoms with Gasteiger partial charge in [-0.2, -0.15) is 0 Å². The molecule has 0 aliphatic carbocycles. The Labute approximate surface area is 112 Å². The number of imidazole rings is 1. The minimum absolute atomic E-state index is 0.218. The molecule has 7 heteroatoms. The second kappa shape index (κ2) is 7.40. The summed E-state index contributed by atoms with van der Waals surface area (Å²) in [4.78, 5) is 30.9. The standard InChI is InChI=1S/C12H20N4O3/c1-9(2)7-16(8-11(17)18)12(19)15-4-3-10-13-5-6-14-10/h5-6,9H,3-4,7-8H2,1-2H3,(H,13,14)(H,15,19)(H,17,18). The third-order valence-electron chi connectivity index (χ3n) is 2.39. The Morgan fingerprint density at radius 2 is 2.26 bits per heavy atom. The molecule has 0 radical (unpaired) electrons. The molecule has 0 aliphatic heterocycles. The number of carboxylic acids is 1. The molecular weight excluding hydrogens is 248 g/mol. The van der Waals surface area contributed by atoms with Gasteiger partial charge in [-0.15, -0.1) is 0 Å². The lowest BCUT2D eigenvalue weighted by Gasteiger charge is -2.22. The molecule has 0 saturated carbocycles. The minimum atomic E-state index is -1.01. The van der Waals surface area contributed by atoms with E-state index in [2.05, 4.69) is 15.3 Å². The predicted octanol–water partition coefficient (Wildman–Crippen LogP) is 0.704. The summed E-state index contributed by atoms with van der Waals surface area (Å²) in [5, 5.41) is 11.5. The summed E-state index contributed by atoms with van der Waals surface area (Å²) in [6.45, 7) is 4.42. The summed E-state index contributed by atoms with van der Waals surface area (Å²) in [6.07, 6.45) is 3.95. The van der Waals surface area contributed by atoms with Gasteiger partial charge in [0.05, 0.1) is 0 Å². The lowest BCUT2D eigenvalue weighted by Crippen LogP contribution is -2.45. The van der Waals surface area contributed by atoms with Gasteiger partial charge in [-0.25, -0.2) is 9.78 Å². The third kappa shape index (κ3) is 5.89. The van der Waals surface area contributed by atoms with E-state index in [4.69, 9.17) is 5.11 Å². The van der Waals surface area contributed by atoms with Crippen molar-refractivity contribution in [3.05, 3.63) is 18.2 Å². The molecular formula is C12H20N4O3. The predicted molar refractivity (Wildman–Crippen MR) is 69.7 cm³/mol. The monoisotopic (exact) mass is 268 g/mol. The van der Waals surface area contributed by atoms with Crippen LogP contribution in [0.4, 0.5) is 4.79 Å². The molecule has 19 heavy (non-hydrogen) atoms. The fraction of sp³-hybridized carbons (Fsp3) is 0.583. The first-order valence-corrected chi connectivity index (χ1v) is 6.22. The summed E-state index contributed by atoms with van der Waals surface area (Å²) in [5.41, 5.74) is 0. The fourth-order valence-corrected chi connectivity index (χ4v) is 1.66. The zero-order chi connectivity index (χ0) is 14.3. The first-order chi connectivity index (χ1) is 8.99. The lowest BCUT2D eigenvalue weighted by atomic mass is 10.2. The fourth-order valence-electron chi connectivity index (χ4n) is 1.66. The molecule has 1 aromatic heterocycles. The molecule has 106 valence electrons. The molecule has 2 amide bonds. The summed E-state index contributed by atoms with van der Waals surface area (Å²) < 4.78 is 0. The zero-order valence-corrected chi connectivity index (χ0v) is 11.2. The van der Waals surface area contributed by atoms with E-state index in [1.165, 1.54) is 4.90 Å². The maximum Gasteiger partial charge on any atom is 0.323 e. The van der Waals surface area contributed by atoms with Crippen LogP contribution in [0.1, 0.15) is 19.7 Å². The number of carboxylic acid groups (broad SMARTS) is 1. The molecule has 0 atom stereocenters. The second-order valence-corrected chi connectivity index (χ2v) is 4.69. The number of nitrogens with zero attached hydrogens (tertiary/aromatic N) is 2. The highest BCUT2D eigenvalue weighted by molar-refractivity contribution is 5.80. The number of urea groups is 1. The summed E-state index contributed by atoms with van der Waals surface area (Å²) >= 11 is 0. The number of carbonyl (C=O) groups is 2. The average Bonchev–Trinajstić information content (AvgIpc) is 2.79. The SMILES string of the molecule is CC(C)CN(CC(=O)O)C(=O)NCCc1ncc[nH]1. The van der Waals surface area contributed by atoms with Gasteiger partial charge in [0.15, 0.2) is 0 Å². The molecule has 0 bridgehead atoms. The van der Waals surface area contributed by atoms with E-state index in [-0.39, 0.29) is 18.5 Å². The number of rotatable bonds is 7. The highest BCUT2D eigenvalue weighted by Crippen LogP contribution is 1.99. The molecule has 3 N–H and O–H groups in total. The van der Waals surface area contributed by atoms with E-state index in [0.29, 0.717) is 19.5 Å². The van der Waals surface area contributed by atoms with Crippen molar-refractivity contribution in [3.8, 4) is 0 Å². The maximum absolute atomic E-state index is 11.9. The van der Waals surface area contributed by atoms with Gasteiger partial charge >= 0.3 is 12.0 Å². The first kappa shape index (κ1) is 15.0. The van der Waals surface area contributed by atoms with Crippen molar-refractivity contribution in [2.45, 2.75) is 20.3 Å². The van der Waals surface area contributed by atoms with E-state index < -0.39 is 5.97 Å². The van der Waals surface area contributed by atoms with Gasteiger partial charge in [0.1, 0.15) is 12.4 Å². The molecule has 1 aromatic rings. The Morgan fingerprint density at radius 3 is 2.79 bits per heavy atom. The van der Waals surface area contributed by atoms with Crippen LogP contribution < -0.4 is 5.32 Å². The highest BCUT2D eigenvalue weighted by Gasteiger charge is 2.17. The van der Waals surface area contributed by atoms with Gasteiger partial charge in [-0.05, 0) is 5.92 Å². The molecule has 0 saturated heterocycles. The first-order valence-electron chi connectivity index (χ1n) is 6.22. The third-order valence-corrected chi connectivity index (χ3v) is 2.39. The molecule has 0 aliphatic rings. The van der Waals surface area contributed by atoms with Crippen LogP contribution in [0.3, 0.4) is 0 Å². The van der Waals surface area contributed by atoms with E-state index in [1.54, 1.807) is 12.4 Å². The van der Waals surface area contributed by atoms with Crippen LogP contribution in [0.2, 0.25) is 0 Å². The van der Waals surface area contributed by atoms with Crippen molar-refractivity contribution >= 4 is 12.0 Å².